The molecule has 0 bridgehead atoms. The van der Waals surface area contributed by atoms with Crippen LogP contribution in [0, 0.1) is 11.8 Å². The van der Waals surface area contributed by atoms with Crippen LogP contribution in [0.5, 0.6) is 0 Å². The van der Waals surface area contributed by atoms with Crippen LogP contribution in [0.15, 0.2) is 23.2 Å². The Kier molecular flexibility index (Phi) is 4.47. The van der Waals surface area contributed by atoms with Crippen molar-refractivity contribution in [3.05, 3.63) is 35.2 Å². The third-order valence-corrected chi connectivity index (χ3v) is 6.95. The van der Waals surface area contributed by atoms with Gasteiger partial charge >= 0.3 is 5.97 Å². The monoisotopic (exact) mass is 388 g/mol. The van der Waals surface area contributed by atoms with E-state index in [0.29, 0.717) is 29.8 Å². The maximum Gasteiger partial charge on any atom is 0.307 e. The number of aromatic nitrogens is 1. The fraction of sp³-hybridized carbons (Fsp3) is 0.500. The molecule has 2 aliphatic rings. The summed E-state index contributed by atoms with van der Waals surface area (Å²) in [5, 5.41) is 10.9. The normalized spacial score (nSPS) is 19.6. The Hall–Kier alpha value is -1.99. The number of sulfonamides is 1. The van der Waals surface area contributed by atoms with Gasteiger partial charge < -0.3 is 5.11 Å². The van der Waals surface area contributed by atoms with E-state index in [1.165, 1.54) is 0 Å². The van der Waals surface area contributed by atoms with Crippen LogP contribution in [0.3, 0.4) is 0 Å². The summed E-state index contributed by atoms with van der Waals surface area (Å²) in [6.07, 6.45) is 4.51. The molecule has 7 heteroatoms. The number of nitrogens with one attached hydrogen (secondary N) is 1. The minimum Gasteiger partial charge on any atom is -0.481 e. The summed E-state index contributed by atoms with van der Waals surface area (Å²) in [7, 11) is -3.75. The smallest absolute Gasteiger partial charge is 0.307 e. The highest BCUT2D eigenvalue weighted by molar-refractivity contribution is 7.89. The lowest BCUT2D eigenvalue weighted by molar-refractivity contribution is -0.141. The van der Waals surface area contributed by atoms with Gasteiger partial charge in [-0.05, 0) is 54.9 Å². The van der Waals surface area contributed by atoms with Gasteiger partial charge in [-0.25, -0.2) is 13.1 Å². The Morgan fingerprint density at radius 3 is 2.67 bits per heavy atom. The lowest BCUT2D eigenvalue weighted by Gasteiger charge is -2.16. The predicted octanol–water partition coefficient (Wildman–Crippen LogP) is 2.85. The van der Waals surface area contributed by atoms with Crippen LogP contribution >= 0.6 is 0 Å². The Morgan fingerprint density at radius 1 is 1.30 bits per heavy atom. The lowest BCUT2D eigenvalue weighted by atomic mass is 10.0. The summed E-state index contributed by atoms with van der Waals surface area (Å²) < 4.78 is 29.1. The van der Waals surface area contributed by atoms with Crippen LogP contribution in [0.25, 0.3) is 10.8 Å². The van der Waals surface area contributed by atoms with Gasteiger partial charge in [0.05, 0.1) is 10.8 Å². The average Bonchev–Trinajstić information content (AvgIpc) is 3.36. The zero-order chi connectivity index (χ0) is 19.3. The van der Waals surface area contributed by atoms with Crippen LogP contribution in [0.2, 0.25) is 0 Å². The minimum absolute atomic E-state index is 0.179. The summed E-state index contributed by atoms with van der Waals surface area (Å²) in [6.45, 7) is 4.24. The molecule has 1 atom stereocenters. The Morgan fingerprint density at radius 2 is 2.04 bits per heavy atom. The molecule has 0 aliphatic heterocycles. The molecule has 0 amide bonds. The van der Waals surface area contributed by atoms with Crippen molar-refractivity contribution < 1.29 is 18.3 Å². The van der Waals surface area contributed by atoms with E-state index in [1.807, 2.05) is 26.0 Å². The second-order valence-corrected chi connectivity index (χ2v) is 9.84. The molecule has 2 N–H and O–H groups in total. The molecule has 4 rings (SSSR count). The summed E-state index contributed by atoms with van der Waals surface area (Å²) in [5.74, 6) is -0.871. The van der Waals surface area contributed by atoms with Gasteiger partial charge in [-0.1, -0.05) is 13.8 Å². The molecule has 0 spiro atoms. The Balaban J connectivity index is 1.91. The number of benzene rings is 1. The zero-order valence-electron chi connectivity index (χ0n) is 15.5. The van der Waals surface area contributed by atoms with Gasteiger partial charge in [-0.2, -0.15) is 0 Å². The van der Waals surface area contributed by atoms with Gasteiger partial charge in [0, 0.05) is 35.1 Å². The SMILES string of the molecule is CC(C)CNS(=O)(=O)c1c2c(cc3cnc(C4CC4)cc13)CC(C(=O)O)C2. The van der Waals surface area contributed by atoms with E-state index >= 15 is 0 Å². The molecule has 144 valence electrons. The van der Waals surface area contributed by atoms with Crippen molar-refractivity contribution in [2.75, 3.05) is 6.54 Å². The molecule has 1 fully saturated rings. The van der Waals surface area contributed by atoms with Crippen molar-refractivity contribution >= 4 is 26.8 Å². The van der Waals surface area contributed by atoms with E-state index in [-0.39, 0.29) is 17.2 Å². The number of hydrogen-bond donors (Lipinski definition) is 2. The highest BCUT2D eigenvalue weighted by Gasteiger charge is 2.35. The second-order valence-electron chi connectivity index (χ2n) is 8.14. The van der Waals surface area contributed by atoms with Gasteiger partial charge in [-0.3, -0.25) is 9.78 Å². The Bertz CT molecular complexity index is 1030. The van der Waals surface area contributed by atoms with Crippen molar-refractivity contribution in [3.8, 4) is 0 Å². The zero-order valence-corrected chi connectivity index (χ0v) is 16.3. The third kappa shape index (κ3) is 3.46. The lowest BCUT2D eigenvalue weighted by Crippen LogP contribution is -2.28. The molecule has 2 aliphatic carbocycles. The first kappa shape index (κ1) is 18.4. The molecule has 1 unspecified atom stereocenters. The van der Waals surface area contributed by atoms with Gasteiger partial charge in [0.2, 0.25) is 10.0 Å². The molecule has 27 heavy (non-hydrogen) atoms. The fourth-order valence-electron chi connectivity index (χ4n) is 3.80. The number of pyridine rings is 1. The summed E-state index contributed by atoms with van der Waals surface area (Å²) in [4.78, 5) is 16.3. The molecule has 0 saturated heterocycles. The van der Waals surface area contributed by atoms with Crippen molar-refractivity contribution in [1.29, 1.82) is 0 Å². The van der Waals surface area contributed by atoms with Gasteiger partial charge in [0.25, 0.3) is 0 Å². The first-order chi connectivity index (χ1) is 12.8. The second kappa shape index (κ2) is 6.56. The maximum absolute atomic E-state index is 13.2. The van der Waals surface area contributed by atoms with E-state index in [4.69, 9.17) is 0 Å². The largest absolute Gasteiger partial charge is 0.481 e. The molecule has 0 radical (unpaired) electrons. The molecular weight excluding hydrogens is 364 g/mol. The standard InChI is InChI=1S/C20H24N2O4S/c1-11(2)9-22-27(25,26)19-16-7-14(20(23)24)5-13(16)6-15-10-21-18(8-17(15)19)12-3-4-12/h6,8,10-12,14,22H,3-5,7,9H2,1-2H3,(H,23,24). The van der Waals surface area contributed by atoms with E-state index in [2.05, 4.69) is 9.71 Å². The molecule has 6 nitrogen and oxygen atoms in total. The number of hydrogen-bond acceptors (Lipinski definition) is 4. The highest BCUT2D eigenvalue weighted by atomic mass is 32.2. The van der Waals surface area contributed by atoms with Crippen molar-refractivity contribution in [2.45, 2.75) is 50.3 Å². The number of carboxylic acid groups (broad SMARTS) is 1. The van der Waals surface area contributed by atoms with E-state index < -0.39 is 21.9 Å². The number of fused-ring (bicyclic) bond motifs is 2. The van der Waals surface area contributed by atoms with Gasteiger partial charge in [0.15, 0.2) is 0 Å². The van der Waals surface area contributed by atoms with Crippen LogP contribution < -0.4 is 4.72 Å². The van der Waals surface area contributed by atoms with Gasteiger partial charge in [0.1, 0.15) is 0 Å². The summed E-state index contributed by atoms with van der Waals surface area (Å²) in [5.41, 5.74) is 2.38. The summed E-state index contributed by atoms with van der Waals surface area (Å²) in [6, 6.07) is 3.81. The quantitative estimate of drug-likeness (QED) is 0.793. The fourth-order valence-corrected chi connectivity index (χ4v) is 5.50. The topological polar surface area (TPSA) is 96.4 Å². The molecule has 2 aromatic rings. The number of aliphatic carboxylic acids is 1. The van der Waals surface area contributed by atoms with Crippen LogP contribution in [-0.4, -0.2) is 31.0 Å². The van der Waals surface area contributed by atoms with Crippen molar-refractivity contribution in [2.24, 2.45) is 11.8 Å². The Labute approximate surface area is 159 Å². The first-order valence-corrected chi connectivity index (χ1v) is 10.9. The van der Waals surface area contributed by atoms with Crippen LogP contribution in [0.1, 0.15) is 49.4 Å². The van der Waals surface area contributed by atoms with E-state index in [1.54, 1.807) is 6.20 Å². The van der Waals surface area contributed by atoms with Crippen LogP contribution in [-0.2, 0) is 27.7 Å². The molecule has 1 saturated carbocycles. The molecule has 1 aromatic carbocycles. The first-order valence-electron chi connectivity index (χ1n) is 9.43. The minimum atomic E-state index is -3.75. The van der Waals surface area contributed by atoms with Gasteiger partial charge in [-0.15, -0.1) is 0 Å². The summed E-state index contributed by atoms with van der Waals surface area (Å²) >= 11 is 0. The number of nitrogens with zero attached hydrogens (tertiary/aromatic N) is 1. The maximum atomic E-state index is 13.2. The van der Waals surface area contributed by atoms with E-state index in [9.17, 15) is 18.3 Å². The number of carbonyl (C=O) groups is 1. The van der Waals surface area contributed by atoms with Crippen molar-refractivity contribution in [3.63, 3.8) is 0 Å². The predicted molar refractivity (Wildman–Crippen MR) is 102 cm³/mol. The molecule has 1 aromatic heterocycles. The third-order valence-electron chi connectivity index (χ3n) is 5.40. The molecular formula is C20H24N2O4S. The molecule has 1 heterocycles. The average molecular weight is 388 g/mol. The number of rotatable bonds is 6. The number of carboxylic acids is 1. The van der Waals surface area contributed by atoms with E-state index in [0.717, 1.165) is 29.5 Å². The highest BCUT2D eigenvalue weighted by Crippen LogP contribution is 2.42. The van der Waals surface area contributed by atoms with Crippen LogP contribution in [0.4, 0.5) is 0 Å². The van der Waals surface area contributed by atoms with Crippen molar-refractivity contribution in [1.82, 2.24) is 9.71 Å².